The van der Waals surface area contributed by atoms with Gasteiger partial charge in [0.25, 0.3) is 5.91 Å². The van der Waals surface area contributed by atoms with Crippen LogP contribution in [0.1, 0.15) is 42.6 Å². The van der Waals surface area contributed by atoms with E-state index in [4.69, 9.17) is 0 Å². The number of halogens is 2. The molecule has 0 aromatic heterocycles. The van der Waals surface area contributed by atoms with Gasteiger partial charge in [0.05, 0.1) is 5.56 Å². The van der Waals surface area contributed by atoms with Crippen molar-refractivity contribution < 1.29 is 9.18 Å². The normalized spacial score (nSPS) is 14.1. The third kappa shape index (κ3) is 3.80. The first kappa shape index (κ1) is 15.2. The summed E-state index contributed by atoms with van der Waals surface area (Å²) in [6, 6.07) is 4.57. The third-order valence-electron chi connectivity index (χ3n) is 3.21. The highest BCUT2D eigenvalue weighted by atomic mass is 79.9. The van der Waals surface area contributed by atoms with Crippen LogP contribution in [-0.2, 0) is 0 Å². The molecule has 0 heterocycles. The van der Waals surface area contributed by atoms with Gasteiger partial charge in [-0.25, -0.2) is 4.39 Å². The molecule has 1 N–H and O–H groups in total. The van der Waals surface area contributed by atoms with E-state index in [2.05, 4.69) is 21.2 Å². The van der Waals surface area contributed by atoms with Gasteiger partial charge in [0.2, 0.25) is 0 Å². The first-order valence-corrected chi connectivity index (χ1v) is 7.18. The van der Waals surface area contributed by atoms with Gasteiger partial charge in [-0.15, -0.1) is 0 Å². The number of carbonyl (C=O) groups is 1. The van der Waals surface area contributed by atoms with Gasteiger partial charge in [-0.05, 0) is 38.8 Å². The van der Waals surface area contributed by atoms with Crippen molar-refractivity contribution in [3.8, 4) is 0 Å². The molecule has 1 atom stereocenters. The molecule has 1 aromatic carbocycles. The highest BCUT2D eigenvalue weighted by molar-refractivity contribution is 9.09. The lowest BCUT2D eigenvalue weighted by molar-refractivity contribution is 0.0897. The zero-order valence-corrected chi connectivity index (χ0v) is 12.6. The molecule has 0 bridgehead atoms. The SMILES string of the molecule is CCC(C)(CCBr)NC(=O)c1cc(C)ccc1F. The highest BCUT2D eigenvalue weighted by Crippen LogP contribution is 2.18. The summed E-state index contributed by atoms with van der Waals surface area (Å²) < 4.78 is 13.6. The Balaban J connectivity index is 2.90. The standard InChI is InChI=1S/C14H19BrFNO/c1-4-14(3,7-8-15)17-13(18)11-9-10(2)5-6-12(11)16/h5-6,9H,4,7-8H2,1-3H3,(H,17,18). The second-order valence-electron chi connectivity index (χ2n) is 4.79. The topological polar surface area (TPSA) is 29.1 Å². The molecule has 1 unspecified atom stereocenters. The average molecular weight is 316 g/mol. The van der Waals surface area contributed by atoms with Gasteiger partial charge in [0, 0.05) is 10.9 Å². The number of rotatable bonds is 5. The summed E-state index contributed by atoms with van der Waals surface area (Å²) in [5.74, 6) is -0.822. The maximum absolute atomic E-state index is 13.6. The fourth-order valence-corrected chi connectivity index (χ4v) is 2.57. The Morgan fingerprint density at radius 3 is 2.72 bits per heavy atom. The summed E-state index contributed by atoms with van der Waals surface area (Å²) in [5, 5.41) is 3.72. The number of amides is 1. The monoisotopic (exact) mass is 315 g/mol. The second kappa shape index (κ2) is 6.32. The Morgan fingerprint density at radius 1 is 1.50 bits per heavy atom. The minimum atomic E-state index is -0.476. The number of alkyl halides is 1. The third-order valence-corrected chi connectivity index (χ3v) is 3.60. The highest BCUT2D eigenvalue weighted by Gasteiger charge is 2.25. The van der Waals surface area contributed by atoms with Crippen LogP contribution < -0.4 is 5.32 Å². The van der Waals surface area contributed by atoms with Crippen LogP contribution in [0.25, 0.3) is 0 Å². The predicted molar refractivity (Wildman–Crippen MR) is 75.7 cm³/mol. The molecule has 0 aliphatic rings. The summed E-state index contributed by atoms with van der Waals surface area (Å²) in [6.45, 7) is 5.82. The second-order valence-corrected chi connectivity index (χ2v) is 5.58. The largest absolute Gasteiger partial charge is 0.347 e. The Bertz CT molecular complexity index is 436. The molecular formula is C14H19BrFNO. The van der Waals surface area contributed by atoms with Gasteiger partial charge in [0.1, 0.15) is 5.82 Å². The molecule has 0 saturated carbocycles. The molecule has 0 aliphatic carbocycles. The van der Waals surface area contributed by atoms with Crippen LogP contribution in [0.3, 0.4) is 0 Å². The van der Waals surface area contributed by atoms with E-state index in [1.807, 2.05) is 20.8 Å². The van der Waals surface area contributed by atoms with Gasteiger partial charge in [-0.3, -0.25) is 4.79 Å². The van der Waals surface area contributed by atoms with Crippen molar-refractivity contribution in [1.82, 2.24) is 5.32 Å². The van der Waals surface area contributed by atoms with E-state index in [0.29, 0.717) is 0 Å². The molecular weight excluding hydrogens is 297 g/mol. The molecule has 0 fully saturated rings. The van der Waals surface area contributed by atoms with Gasteiger partial charge in [0.15, 0.2) is 0 Å². The van der Waals surface area contributed by atoms with Gasteiger partial charge in [-0.1, -0.05) is 34.5 Å². The number of hydrogen-bond donors (Lipinski definition) is 1. The van der Waals surface area contributed by atoms with Crippen LogP contribution in [0.2, 0.25) is 0 Å². The van der Waals surface area contributed by atoms with E-state index >= 15 is 0 Å². The first-order valence-electron chi connectivity index (χ1n) is 6.06. The molecule has 18 heavy (non-hydrogen) atoms. The van der Waals surface area contributed by atoms with E-state index in [1.54, 1.807) is 12.1 Å². The molecule has 0 aliphatic heterocycles. The molecule has 1 amide bonds. The Hall–Kier alpha value is -0.900. The lowest BCUT2D eigenvalue weighted by Crippen LogP contribution is -2.46. The van der Waals surface area contributed by atoms with Crippen molar-refractivity contribution in [2.45, 2.75) is 39.2 Å². The van der Waals surface area contributed by atoms with Crippen LogP contribution >= 0.6 is 15.9 Å². The van der Waals surface area contributed by atoms with E-state index in [1.165, 1.54) is 6.07 Å². The smallest absolute Gasteiger partial charge is 0.254 e. The molecule has 1 aromatic rings. The predicted octanol–water partition coefficient (Wildman–Crippen LogP) is 3.82. The summed E-state index contributed by atoms with van der Waals surface area (Å²) in [7, 11) is 0. The van der Waals surface area contributed by atoms with E-state index in [-0.39, 0.29) is 17.0 Å². The van der Waals surface area contributed by atoms with Crippen molar-refractivity contribution in [3.63, 3.8) is 0 Å². The minimum Gasteiger partial charge on any atom is -0.347 e. The van der Waals surface area contributed by atoms with Crippen LogP contribution in [0.5, 0.6) is 0 Å². The number of benzene rings is 1. The molecule has 0 saturated heterocycles. The van der Waals surface area contributed by atoms with Crippen LogP contribution in [0.15, 0.2) is 18.2 Å². The summed E-state index contributed by atoms with van der Waals surface area (Å²) in [5.41, 5.74) is 0.682. The lowest BCUT2D eigenvalue weighted by atomic mass is 9.95. The van der Waals surface area contributed by atoms with Crippen molar-refractivity contribution in [1.29, 1.82) is 0 Å². The molecule has 2 nitrogen and oxygen atoms in total. The van der Waals surface area contributed by atoms with Gasteiger partial charge < -0.3 is 5.32 Å². The van der Waals surface area contributed by atoms with Crippen molar-refractivity contribution in [2.24, 2.45) is 0 Å². The van der Waals surface area contributed by atoms with E-state index < -0.39 is 5.82 Å². The minimum absolute atomic E-state index is 0.115. The first-order chi connectivity index (χ1) is 8.41. The van der Waals surface area contributed by atoms with Crippen LogP contribution in [0.4, 0.5) is 4.39 Å². The van der Waals surface area contributed by atoms with Gasteiger partial charge in [-0.2, -0.15) is 0 Å². The Labute approximate surface area is 116 Å². The van der Waals surface area contributed by atoms with E-state index in [0.717, 1.165) is 23.7 Å². The fourth-order valence-electron chi connectivity index (χ4n) is 1.69. The van der Waals surface area contributed by atoms with Crippen molar-refractivity contribution in [2.75, 3.05) is 5.33 Å². The van der Waals surface area contributed by atoms with Crippen molar-refractivity contribution in [3.05, 3.63) is 35.1 Å². The fraction of sp³-hybridized carbons (Fsp3) is 0.500. The molecule has 0 radical (unpaired) electrons. The summed E-state index contributed by atoms with van der Waals surface area (Å²) in [4.78, 5) is 12.1. The maximum Gasteiger partial charge on any atom is 0.254 e. The molecule has 100 valence electrons. The van der Waals surface area contributed by atoms with Crippen LogP contribution in [0, 0.1) is 12.7 Å². The number of hydrogen-bond acceptors (Lipinski definition) is 1. The maximum atomic E-state index is 13.6. The summed E-state index contributed by atoms with van der Waals surface area (Å²) >= 11 is 3.37. The number of aryl methyl sites for hydroxylation is 1. The number of carbonyl (C=O) groups excluding carboxylic acids is 1. The molecule has 1 rings (SSSR count). The van der Waals surface area contributed by atoms with E-state index in [9.17, 15) is 9.18 Å². The quantitative estimate of drug-likeness (QED) is 0.822. The van der Waals surface area contributed by atoms with Crippen molar-refractivity contribution >= 4 is 21.8 Å². The van der Waals surface area contributed by atoms with Crippen LogP contribution in [-0.4, -0.2) is 16.8 Å². The number of nitrogens with one attached hydrogen (secondary N) is 1. The van der Waals surface area contributed by atoms with Gasteiger partial charge >= 0.3 is 0 Å². The molecule has 4 heteroatoms. The lowest BCUT2D eigenvalue weighted by Gasteiger charge is -2.29. The zero-order valence-electron chi connectivity index (χ0n) is 11.0. The Morgan fingerprint density at radius 2 is 2.17 bits per heavy atom. The summed E-state index contributed by atoms with van der Waals surface area (Å²) in [6.07, 6.45) is 1.61. The zero-order chi connectivity index (χ0) is 13.8. The Kier molecular flexibility index (Phi) is 5.32. The molecule has 0 spiro atoms. The average Bonchev–Trinajstić information content (AvgIpc) is 2.32.